The minimum Gasteiger partial charge on any atom is -0.350 e. The lowest BCUT2D eigenvalue weighted by Crippen LogP contribution is -2.27. The maximum atomic E-state index is 12.5. The molecule has 1 aliphatic heterocycles. The van der Waals surface area contributed by atoms with Crippen LogP contribution in [0.15, 0.2) is 53.4 Å². The summed E-state index contributed by atoms with van der Waals surface area (Å²) in [5, 5.41) is 3.64. The van der Waals surface area contributed by atoms with Gasteiger partial charge in [0.2, 0.25) is 15.9 Å². The number of carbonyl (C=O) groups is 1. The molecule has 2 aromatic carbocycles. The molecule has 0 radical (unpaired) electrons. The van der Waals surface area contributed by atoms with Gasteiger partial charge < -0.3 is 5.32 Å². The molecule has 0 spiro atoms. The van der Waals surface area contributed by atoms with E-state index in [9.17, 15) is 13.2 Å². The van der Waals surface area contributed by atoms with E-state index in [0.717, 1.165) is 24.0 Å². The van der Waals surface area contributed by atoms with Gasteiger partial charge >= 0.3 is 0 Å². The third kappa shape index (κ3) is 5.13. The molecule has 1 N–H and O–H groups in total. The van der Waals surface area contributed by atoms with E-state index < -0.39 is 10.0 Å². The van der Waals surface area contributed by atoms with Gasteiger partial charge in [0.25, 0.3) is 0 Å². The monoisotopic (exact) mass is 420 g/mol. The molecule has 0 saturated carbocycles. The summed E-state index contributed by atoms with van der Waals surface area (Å²) in [4.78, 5) is 12.5. The molecule has 1 atom stereocenters. The number of halogens is 1. The molecular weight excluding hydrogens is 396 g/mol. The average Bonchev–Trinajstić information content (AvgIpc) is 3.23. The van der Waals surface area contributed by atoms with E-state index in [1.54, 1.807) is 36.4 Å². The van der Waals surface area contributed by atoms with E-state index >= 15 is 0 Å². The fourth-order valence-corrected chi connectivity index (χ4v) is 4.96. The number of carbonyl (C=O) groups excluding carboxylic acids is 1. The van der Waals surface area contributed by atoms with Crippen LogP contribution in [0.2, 0.25) is 5.02 Å². The molecule has 150 valence electrons. The van der Waals surface area contributed by atoms with Crippen molar-refractivity contribution in [2.24, 2.45) is 0 Å². The second-order valence-electron chi connectivity index (χ2n) is 7.10. The summed E-state index contributed by atoms with van der Waals surface area (Å²) >= 11 is 5.89. The standard InChI is InChI=1S/C21H25ClN2O3S/c1-16(18-7-9-19(22)10-8-18)23-21(25)13-6-17-4-11-20(12-5-17)28(26,27)24-14-2-3-15-24/h4-5,7-12,16H,2-3,6,13-15H2,1H3,(H,23,25)/t16-/m1/s1. The molecule has 0 bridgehead atoms. The van der Waals surface area contributed by atoms with E-state index in [-0.39, 0.29) is 11.9 Å². The minimum absolute atomic E-state index is 0.0452. The molecule has 2 aromatic rings. The molecule has 0 aliphatic carbocycles. The van der Waals surface area contributed by atoms with Gasteiger partial charge in [-0.1, -0.05) is 35.9 Å². The predicted octanol–water partition coefficient (Wildman–Crippen LogP) is 3.93. The topological polar surface area (TPSA) is 66.5 Å². The van der Waals surface area contributed by atoms with Crippen LogP contribution in [0.1, 0.15) is 43.4 Å². The van der Waals surface area contributed by atoms with Crippen LogP contribution in [0.3, 0.4) is 0 Å². The van der Waals surface area contributed by atoms with Gasteiger partial charge in [0.05, 0.1) is 10.9 Å². The number of aryl methyl sites for hydroxylation is 1. The molecule has 0 aromatic heterocycles. The lowest BCUT2D eigenvalue weighted by atomic mass is 10.1. The summed E-state index contributed by atoms with van der Waals surface area (Å²) in [7, 11) is -3.39. The fraction of sp³-hybridized carbons (Fsp3) is 0.381. The molecule has 1 heterocycles. The second-order valence-corrected chi connectivity index (χ2v) is 9.47. The molecule has 5 nitrogen and oxygen atoms in total. The Labute approximate surface area is 171 Å². The third-order valence-corrected chi connectivity index (χ3v) is 7.18. The number of benzene rings is 2. The van der Waals surface area contributed by atoms with Crippen LogP contribution < -0.4 is 5.32 Å². The van der Waals surface area contributed by atoms with Crippen LogP contribution in [-0.4, -0.2) is 31.7 Å². The summed E-state index contributed by atoms with van der Waals surface area (Å²) in [6, 6.07) is 14.2. The van der Waals surface area contributed by atoms with Crippen molar-refractivity contribution in [3.05, 3.63) is 64.7 Å². The van der Waals surface area contributed by atoms with Crippen molar-refractivity contribution < 1.29 is 13.2 Å². The number of hydrogen-bond donors (Lipinski definition) is 1. The molecule has 7 heteroatoms. The maximum Gasteiger partial charge on any atom is 0.243 e. The number of nitrogens with one attached hydrogen (secondary N) is 1. The normalized spacial score (nSPS) is 16.1. The Hall–Kier alpha value is -1.89. The average molecular weight is 421 g/mol. The summed E-state index contributed by atoms with van der Waals surface area (Å²) < 4.78 is 26.6. The Morgan fingerprint density at radius 1 is 1.07 bits per heavy atom. The highest BCUT2D eigenvalue weighted by atomic mass is 35.5. The van der Waals surface area contributed by atoms with Crippen molar-refractivity contribution in [2.45, 2.75) is 43.5 Å². The lowest BCUT2D eigenvalue weighted by molar-refractivity contribution is -0.121. The molecule has 1 amide bonds. The van der Waals surface area contributed by atoms with E-state index in [1.807, 2.05) is 19.1 Å². The highest BCUT2D eigenvalue weighted by Crippen LogP contribution is 2.21. The number of amides is 1. The maximum absolute atomic E-state index is 12.5. The van der Waals surface area contributed by atoms with Crippen molar-refractivity contribution in [1.29, 1.82) is 0 Å². The van der Waals surface area contributed by atoms with Crippen molar-refractivity contribution in [3.8, 4) is 0 Å². The quantitative estimate of drug-likeness (QED) is 0.737. The summed E-state index contributed by atoms with van der Waals surface area (Å²) in [5.41, 5.74) is 1.93. The molecule has 28 heavy (non-hydrogen) atoms. The zero-order chi connectivity index (χ0) is 20.1. The zero-order valence-electron chi connectivity index (χ0n) is 15.9. The fourth-order valence-electron chi connectivity index (χ4n) is 3.31. The van der Waals surface area contributed by atoms with Gasteiger partial charge in [-0.05, 0) is 61.6 Å². The Morgan fingerprint density at radius 3 is 2.29 bits per heavy atom. The van der Waals surface area contributed by atoms with Gasteiger partial charge in [0.1, 0.15) is 0 Å². The van der Waals surface area contributed by atoms with Crippen molar-refractivity contribution in [3.63, 3.8) is 0 Å². The Bertz CT molecular complexity index is 906. The number of sulfonamides is 1. The molecule has 1 fully saturated rings. The van der Waals surface area contributed by atoms with Crippen LogP contribution in [0.25, 0.3) is 0 Å². The van der Waals surface area contributed by atoms with Gasteiger partial charge in [0, 0.05) is 24.5 Å². The molecule has 0 unspecified atom stereocenters. The highest BCUT2D eigenvalue weighted by Gasteiger charge is 2.26. The number of hydrogen-bond acceptors (Lipinski definition) is 3. The van der Waals surface area contributed by atoms with Crippen LogP contribution in [0.4, 0.5) is 0 Å². The van der Waals surface area contributed by atoms with Crippen molar-refractivity contribution >= 4 is 27.5 Å². The minimum atomic E-state index is -3.39. The smallest absolute Gasteiger partial charge is 0.243 e. The largest absolute Gasteiger partial charge is 0.350 e. The first-order valence-corrected chi connectivity index (χ1v) is 11.3. The molecule has 1 saturated heterocycles. The van der Waals surface area contributed by atoms with E-state index in [0.29, 0.717) is 35.8 Å². The van der Waals surface area contributed by atoms with Crippen molar-refractivity contribution in [1.82, 2.24) is 9.62 Å². The molecular formula is C21H25ClN2O3S. The van der Waals surface area contributed by atoms with Gasteiger partial charge in [0.15, 0.2) is 0 Å². The van der Waals surface area contributed by atoms with Crippen molar-refractivity contribution in [2.75, 3.05) is 13.1 Å². The Kier molecular flexibility index (Phi) is 6.75. The Balaban J connectivity index is 1.53. The van der Waals surface area contributed by atoms with E-state index in [2.05, 4.69) is 5.32 Å². The van der Waals surface area contributed by atoms with Gasteiger partial charge in [-0.2, -0.15) is 4.31 Å². The lowest BCUT2D eigenvalue weighted by Gasteiger charge is -2.16. The first-order valence-electron chi connectivity index (χ1n) is 9.50. The summed E-state index contributed by atoms with van der Waals surface area (Å²) in [5.74, 6) is -0.0452. The van der Waals surface area contributed by atoms with Gasteiger partial charge in [-0.15, -0.1) is 0 Å². The zero-order valence-corrected chi connectivity index (χ0v) is 17.5. The van der Waals surface area contributed by atoms with E-state index in [1.165, 1.54) is 4.31 Å². The SMILES string of the molecule is C[C@@H](NC(=O)CCc1ccc(S(=O)(=O)N2CCCC2)cc1)c1ccc(Cl)cc1. The second kappa shape index (κ2) is 9.07. The van der Waals surface area contributed by atoms with Crippen LogP contribution in [0, 0.1) is 0 Å². The summed E-state index contributed by atoms with van der Waals surface area (Å²) in [6.45, 7) is 3.12. The van der Waals surface area contributed by atoms with Gasteiger partial charge in [-0.25, -0.2) is 8.42 Å². The first kappa shape index (κ1) is 20.8. The first-order chi connectivity index (χ1) is 13.4. The number of nitrogens with zero attached hydrogens (tertiary/aromatic N) is 1. The third-order valence-electron chi connectivity index (χ3n) is 5.01. The Morgan fingerprint density at radius 2 is 1.68 bits per heavy atom. The van der Waals surface area contributed by atoms with E-state index in [4.69, 9.17) is 11.6 Å². The van der Waals surface area contributed by atoms with Crippen LogP contribution >= 0.6 is 11.6 Å². The highest BCUT2D eigenvalue weighted by molar-refractivity contribution is 7.89. The van der Waals surface area contributed by atoms with Crippen LogP contribution in [0.5, 0.6) is 0 Å². The molecule has 1 aliphatic rings. The molecule has 3 rings (SSSR count). The summed E-state index contributed by atoms with van der Waals surface area (Å²) in [6.07, 6.45) is 2.74. The number of rotatable bonds is 7. The predicted molar refractivity (Wildman–Crippen MR) is 111 cm³/mol. The van der Waals surface area contributed by atoms with Gasteiger partial charge in [-0.3, -0.25) is 4.79 Å². The van der Waals surface area contributed by atoms with Crippen LogP contribution in [-0.2, 0) is 21.2 Å².